The van der Waals surface area contributed by atoms with E-state index in [-0.39, 0.29) is 30.2 Å². The molecule has 0 radical (unpaired) electrons. The fraction of sp³-hybridized carbons (Fsp3) is 0.769. The van der Waals surface area contributed by atoms with Crippen LogP contribution in [-0.2, 0) is 14.4 Å². The molecule has 3 atom stereocenters. The van der Waals surface area contributed by atoms with Crippen LogP contribution in [0.2, 0.25) is 0 Å². The third-order valence-corrected chi connectivity index (χ3v) is 3.96. The van der Waals surface area contributed by atoms with E-state index in [0.717, 1.165) is 32.1 Å². The molecular weight excluding hydrogens is 246 g/mol. The predicted octanol–water partition coefficient (Wildman–Crippen LogP) is -0.185. The molecule has 0 bridgehead atoms. The van der Waals surface area contributed by atoms with E-state index in [1.807, 2.05) is 0 Å². The summed E-state index contributed by atoms with van der Waals surface area (Å²) in [5.41, 5.74) is 6.03. The average Bonchev–Trinajstić information content (AvgIpc) is 2.57. The van der Waals surface area contributed by atoms with Gasteiger partial charge < -0.3 is 11.1 Å². The molecule has 3 unspecified atom stereocenters. The number of hydrogen-bond donors (Lipinski definition) is 3. The molecular formula is C13H21N3O3. The standard InChI is InChI=1S/C13H21N3O3/c14-9-5-3-1-2-4-8(9)12(18)15-10-6-7-11(17)16-13(10)19/h8-10H,1-7,14H2,(H,15,18)(H,16,17,19). The first-order valence-corrected chi connectivity index (χ1v) is 6.97. The summed E-state index contributed by atoms with van der Waals surface area (Å²) >= 11 is 0. The second kappa shape index (κ2) is 6.14. The van der Waals surface area contributed by atoms with Crippen molar-refractivity contribution in [1.82, 2.24) is 10.6 Å². The normalized spacial score (nSPS) is 32.4. The lowest BCUT2D eigenvalue weighted by molar-refractivity contribution is -0.138. The Labute approximate surface area is 112 Å². The first kappa shape index (κ1) is 14.0. The molecule has 2 rings (SSSR count). The van der Waals surface area contributed by atoms with Gasteiger partial charge in [0.05, 0.1) is 5.92 Å². The maximum absolute atomic E-state index is 12.2. The van der Waals surface area contributed by atoms with Crippen molar-refractivity contribution in [1.29, 1.82) is 0 Å². The van der Waals surface area contributed by atoms with Crippen LogP contribution in [0.15, 0.2) is 0 Å². The first-order chi connectivity index (χ1) is 9.08. The van der Waals surface area contributed by atoms with Crippen LogP contribution >= 0.6 is 0 Å². The molecule has 2 fully saturated rings. The predicted molar refractivity (Wildman–Crippen MR) is 68.9 cm³/mol. The van der Waals surface area contributed by atoms with E-state index in [2.05, 4.69) is 10.6 Å². The molecule has 2 aliphatic rings. The van der Waals surface area contributed by atoms with Crippen molar-refractivity contribution >= 4 is 17.7 Å². The number of nitrogens with two attached hydrogens (primary N) is 1. The topological polar surface area (TPSA) is 101 Å². The molecule has 19 heavy (non-hydrogen) atoms. The summed E-state index contributed by atoms with van der Waals surface area (Å²) in [6.07, 6.45) is 5.44. The van der Waals surface area contributed by atoms with Crippen LogP contribution in [0.1, 0.15) is 44.9 Å². The van der Waals surface area contributed by atoms with Crippen LogP contribution in [0.3, 0.4) is 0 Å². The number of carbonyl (C=O) groups is 3. The zero-order valence-electron chi connectivity index (χ0n) is 11.0. The van der Waals surface area contributed by atoms with Crippen LogP contribution in [0, 0.1) is 5.92 Å². The Bertz CT molecular complexity index is 383. The largest absolute Gasteiger partial charge is 0.344 e. The monoisotopic (exact) mass is 267 g/mol. The number of amides is 3. The third kappa shape index (κ3) is 3.53. The van der Waals surface area contributed by atoms with E-state index in [9.17, 15) is 14.4 Å². The van der Waals surface area contributed by atoms with Gasteiger partial charge in [-0.05, 0) is 19.3 Å². The van der Waals surface area contributed by atoms with Gasteiger partial charge in [-0.25, -0.2) is 0 Å². The minimum Gasteiger partial charge on any atom is -0.344 e. The summed E-state index contributed by atoms with van der Waals surface area (Å²) in [7, 11) is 0. The number of carbonyl (C=O) groups excluding carboxylic acids is 3. The summed E-state index contributed by atoms with van der Waals surface area (Å²) in [5, 5.41) is 4.97. The molecule has 3 amide bonds. The molecule has 0 aromatic rings. The highest BCUT2D eigenvalue weighted by Crippen LogP contribution is 2.22. The second-order valence-corrected chi connectivity index (χ2v) is 5.42. The van der Waals surface area contributed by atoms with Crippen molar-refractivity contribution in [2.24, 2.45) is 11.7 Å². The summed E-state index contributed by atoms with van der Waals surface area (Å²) in [6.45, 7) is 0. The molecule has 1 saturated carbocycles. The van der Waals surface area contributed by atoms with E-state index >= 15 is 0 Å². The highest BCUT2D eigenvalue weighted by Gasteiger charge is 2.32. The van der Waals surface area contributed by atoms with E-state index in [4.69, 9.17) is 5.73 Å². The number of piperidine rings is 1. The summed E-state index contributed by atoms with van der Waals surface area (Å²) in [4.78, 5) is 34.8. The lowest BCUT2D eigenvalue weighted by atomic mass is 9.93. The number of imide groups is 1. The maximum atomic E-state index is 12.2. The van der Waals surface area contributed by atoms with Gasteiger partial charge in [0.2, 0.25) is 17.7 Å². The van der Waals surface area contributed by atoms with Crippen LogP contribution in [-0.4, -0.2) is 29.8 Å². The smallest absolute Gasteiger partial charge is 0.249 e. The van der Waals surface area contributed by atoms with Crippen molar-refractivity contribution in [2.45, 2.75) is 57.0 Å². The second-order valence-electron chi connectivity index (χ2n) is 5.42. The Morgan fingerprint density at radius 2 is 1.89 bits per heavy atom. The molecule has 1 aliphatic carbocycles. The molecule has 1 saturated heterocycles. The van der Waals surface area contributed by atoms with Gasteiger partial charge in [-0.3, -0.25) is 19.7 Å². The van der Waals surface area contributed by atoms with Gasteiger partial charge in [0.25, 0.3) is 0 Å². The summed E-state index contributed by atoms with van der Waals surface area (Å²) in [6, 6.07) is -0.726. The van der Waals surface area contributed by atoms with Crippen molar-refractivity contribution in [3.05, 3.63) is 0 Å². The first-order valence-electron chi connectivity index (χ1n) is 6.97. The molecule has 0 spiro atoms. The Balaban J connectivity index is 1.92. The zero-order chi connectivity index (χ0) is 13.8. The Hall–Kier alpha value is -1.43. The van der Waals surface area contributed by atoms with Gasteiger partial charge in [-0.1, -0.05) is 19.3 Å². The van der Waals surface area contributed by atoms with Crippen LogP contribution in [0.25, 0.3) is 0 Å². The SMILES string of the molecule is NC1CCCCCC1C(=O)NC1CCC(=O)NC1=O. The van der Waals surface area contributed by atoms with E-state index in [0.29, 0.717) is 6.42 Å². The lowest BCUT2D eigenvalue weighted by Gasteiger charge is -2.26. The van der Waals surface area contributed by atoms with Gasteiger partial charge in [0.15, 0.2) is 0 Å². The fourth-order valence-electron chi connectivity index (χ4n) is 2.77. The summed E-state index contributed by atoms with van der Waals surface area (Å²) in [5.74, 6) is -1.05. The quantitative estimate of drug-likeness (QED) is 0.477. The molecule has 0 aromatic carbocycles. The van der Waals surface area contributed by atoms with Crippen molar-refractivity contribution < 1.29 is 14.4 Å². The molecule has 1 aliphatic heterocycles. The Morgan fingerprint density at radius 1 is 1.16 bits per heavy atom. The lowest BCUT2D eigenvalue weighted by Crippen LogP contribution is -2.54. The van der Waals surface area contributed by atoms with Crippen LogP contribution in [0.5, 0.6) is 0 Å². The molecule has 4 N–H and O–H groups in total. The highest BCUT2D eigenvalue weighted by molar-refractivity contribution is 6.01. The average molecular weight is 267 g/mol. The Kier molecular flexibility index (Phi) is 4.52. The van der Waals surface area contributed by atoms with E-state index < -0.39 is 11.9 Å². The van der Waals surface area contributed by atoms with Gasteiger partial charge in [0.1, 0.15) is 6.04 Å². The van der Waals surface area contributed by atoms with Gasteiger partial charge in [-0.2, -0.15) is 0 Å². The minimum absolute atomic E-state index is 0.129. The number of rotatable bonds is 2. The van der Waals surface area contributed by atoms with Crippen molar-refractivity contribution in [3.8, 4) is 0 Å². The van der Waals surface area contributed by atoms with Crippen LogP contribution < -0.4 is 16.4 Å². The zero-order valence-corrected chi connectivity index (χ0v) is 11.0. The van der Waals surface area contributed by atoms with Gasteiger partial charge in [-0.15, -0.1) is 0 Å². The van der Waals surface area contributed by atoms with Crippen molar-refractivity contribution in [3.63, 3.8) is 0 Å². The van der Waals surface area contributed by atoms with E-state index in [1.54, 1.807) is 0 Å². The highest BCUT2D eigenvalue weighted by atomic mass is 16.2. The third-order valence-electron chi connectivity index (χ3n) is 3.96. The number of hydrogen-bond acceptors (Lipinski definition) is 4. The summed E-state index contributed by atoms with van der Waals surface area (Å²) < 4.78 is 0. The molecule has 106 valence electrons. The molecule has 6 nitrogen and oxygen atoms in total. The Morgan fingerprint density at radius 3 is 2.63 bits per heavy atom. The van der Waals surface area contributed by atoms with E-state index in [1.165, 1.54) is 0 Å². The van der Waals surface area contributed by atoms with Gasteiger partial charge >= 0.3 is 0 Å². The molecule has 1 heterocycles. The van der Waals surface area contributed by atoms with Crippen LogP contribution in [0.4, 0.5) is 0 Å². The van der Waals surface area contributed by atoms with Gasteiger partial charge in [0, 0.05) is 12.5 Å². The van der Waals surface area contributed by atoms with Crippen molar-refractivity contribution in [2.75, 3.05) is 0 Å². The minimum atomic E-state index is -0.597. The maximum Gasteiger partial charge on any atom is 0.249 e. The number of nitrogens with one attached hydrogen (secondary N) is 2. The molecule has 6 heteroatoms. The fourth-order valence-corrected chi connectivity index (χ4v) is 2.77. The molecule has 0 aromatic heterocycles.